The van der Waals surface area contributed by atoms with Crippen molar-refractivity contribution in [3.05, 3.63) is 65.2 Å². The van der Waals surface area contributed by atoms with Gasteiger partial charge in [0.05, 0.1) is 6.04 Å². The van der Waals surface area contributed by atoms with Crippen LogP contribution in [-0.4, -0.2) is 55.5 Å². The highest BCUT2D eigenvalue weighted by Crippen LogP contribution is 2.19. The van der Waals surface area contributed by atoms with Gasteiger partial charge in [0.15, 0.2) is 11.6 Å². The summed E-state index contributed by atoms with van der Waals surface area (Å²) in [6, 6.07) is 8.65. The van der Waals surface area contributed by atoms with Crippen LogP contribution in [0.2, 0.25) is 0 Å². The Balaban J connectivity index is 1.87. The van der Waals surface area contributed by atoms with Gasteiger partial charge in [-0.15, -0.1) is 0 Å². The lowest BCUT2D eigenvalue weighted by molar-refractivity contribution is -0.133. The van der Waals surface area contributed by atoms with Crippen LogP contribution < -0.4 is 26.0 Å². The third kappa shape index (κ3) is 9.01. The Bertz CT molecular complexity index is 1160. The van der Waals surface area contributed by atoms with E-state index in [1.165, 1.54) is 6.07 Å². The van der Waals surface area contributed by atoms with Crippen LogP contribution in [0.4, 0.5) is 8.78 Å². The van der Waals surface area contributed by atoms with Gasteiger partial charge in [-0.25, -0.2) is 8.78 Å². The first-order chi connectivity index (χ1) is 19.2. The number of nitrogens with one attached hydrogen (secondary N) is 4. The number of para-hydroxylation sites is 1. The largest absolute Gasteiger partial charge is 0.492 e. The molecule has 0 saturated carbocycles. The summed E-state index contributed by atoms with van der Waals surface area (Å²) in [5, 5.41) is 11.7. The maximum Gasteiger partial charge on any atom is 0.243 e. The van der Waals surface area contributed by atoms with Gasteiger partial charge in [-0.2, -0.15) is 0 Å². The van der Waals surface area contributed by atoms with Gasteiger partial charge >= 0.3 is 0 Å². The minimum absolute atomic E-state index is 0.0624. The van der Waals surface area contributed by atoms with E-state index in [9.17, 15) is 23.2 Å². The van der Waals surface area contributed by atoms with Crippen molar-refractivity contribution in [1.29, 1.82) is 0 Å². The van der Waals surface area contributed by atoms with Gasteiger partial charge in [-0.1, -0.05) is 51.5 Å². The summed E-state index contributed by atoms with van der Waals surface area (Å²) >= 11 is 0. The van der Waals surface area contributed by atoms with E-state index in [2.05, 4.69) is 21.3 Å². The second-order valence-corrected chi connectivity index (χ2v) is 10.4. The molecule has 0 aliphatic carbocycles. The summed E-state index contributed by atoms with van der Waals surface area (Å²) in [5.74, 6) is -2.73. The number of aryl methyl sites for hydroxylation is 1. The standard InChI is InChI=1S/C30H40F2N4O4/c1-4-8-24-28(37)34-14-7-10-21-9-5-6-11-26(21)40-16-15-33-25(18-20-12-13-22(31)23(32)17-20)29(38)36-27(19(2)3)30(39)35-24/h5-6,9,11-13,17,19,24-25,27,33H,4,7-8,10,14-16,18H2,1-3H3,(H,34,37)(H,35,39)(H,36,38)/t24-,25+,27+/m0/s1. The Hall–Kier alpha value is -3.53. The molecule has 2 aromatic rings. The lowest BCUT2D eigenvalue weighted by atomic mass is 10.00. The number of benzene rings is 2. The number of rotatable bonds is 5. The number of carbonyl (C=O) groups is 3. The van der Waals surface area contributed by atoms with Crippen LogP contribution in [0.3, 0.4) is 0 Å². The number of hydrogen-bond acceptors (Lipinski definition) is 5. The Morgan fingerprint density at radius 3 is 2.42 bits per heavy atom. The highest BCUT2D eigenvalue weighted by molar-refractivity contribution is 5.93. The molecule has 218 valence electrons. The van der Waals surface area contributed by atoms with Crippen molar-refractivity contribution in [3.63, 3.8) is 0 Å². The highest BCUT2D eigenvalue weighted by atomic mass is 19.2. The third-order valence-corrected chi connectivity index (χ3v) is 6.84. The van der Waals surface area contributed by atoms with E-state index in [4.69, 9.17) is 4.74 Å². The predicted molar refractivity (Wildman–Crippen MR) is 149 cm³/mol. The van der Waals surface area contributed by atoms with Gasteiger partial charge in [0.2, 0.25) is 17.7 Å². The number of hydrogen-bond donors (Lipinski definition) is 4. The Morgan fingerprint density at radius 1 is 0.925 bits per heavy atom. The van der Waals surface area contributed by atoms with E-state index in [-0.39, 0.29) is 24.9 Å². The number of carbonyl (C=O) groups excluding carboxylic acids is 3. The topological polar surface area (TPSA) is 109 Å². The minimum Gasteiger partial charge on any atom is -0.492 e. The smallest absolute Gasteiger partial charge is 0.243 e. The molecule has 0 saturated heterocycles. The molecule has 40 heavy (non-hydrogen) atoms. The number of halogens is 2. The van der Waals surface area contributed by atoms with Crippen molar-refractivity contribution in [2.24, 2.45) is 5.92 Å². The highest BCUT2D eigenvalue weighted by Gasteiger charge is 2.31. The van der Waals surface area contributed by atoms with Crippen molar-refractivity contribution in [2.75, 3.05) is 19.7 Å². The van der Waals surface area contributed by atoms with Crippen LogP contribution in [0.15, 0.2) is 42.5 Å². The van der Waals surface area contributed by atoms with Crippen molar-refractivity contribution in [1.82, 2.24) is 21.3 Å². The van der Waals surface area contributed by atoms with Crippen molar-refractivity contribution in [2.45, 2.75) is 71.0 Å². The van der Waals surface area contributed by atoms with E-state index in [0.717, 1.165) is 17.7 Å². The van der Waals surface area contributed by atoms with Crippen molar-refractivity contribution < 1.29 is 27.9 Å². The Kier molecular flexibility index (Phi) is 11.9. The van der Waals surface area contributed by atoms with Crippen LogP contribution >= 0.6 is 0 Å². The molecule has 0 spiro atoms. The molecule has 0 radical (unpaired) electrons. The van der Waals surface area contributed by atoms with Gasteiger partial charge in [0.25, 0.3) is 0 Å². The van der Waals surface area contributed by atoms with E-state index in [1.54, 1.807) is 13.8 Å². The third-order valence-electron chi connectivity index (χ3n) is 6.84. The zero-order valence-corrected chi connectivity index (χ0v) is 23.4. The molecule has 0 bridgehead atoms. The lowest BCUT2D eigenvalue weighted by Gasteiger charge is -2.27. The molecule has 3 atom stereocenters. The summed E-state index contributed by atoms with van der Waals surface area (Å²) in [4.78, 5) is 39.7. The molecule has 3 amide bonds. The molecule has 0 unspecified atom stereocenters. The molecular weight excluding hydrogens is 518 g/mol. The van der Waals surface area contributed by atoms with Gasteiger partial charge in [0, 0.05) is 13.1 Å². The van der Waals surface area contributed by atoms with Crippen LogP contribution in [0.5, 0.6) is 5.75 Å². The average molecular weight is 559 g/mol. The van der Waals surface area contributed by atoms with Crippen LogP contribution in [0, 0.1) is 17.6 Å². The lowest BCUT2D eigenvalue weighted by Crippen LogP contribution is -2.58. The molecule has 0 aromatic heterocycles. The first-order valence-electron chi connectivity index (χ1n) is 14.0. The van der Waals surface area contributed by atoms with E-state index < -0.39 is 41.6 Å². The van der Waals surface area contributed by atoms with Gasteiger partial charge in [-0.05, 0) is 60.9 Å². The first kappa shape index (κ1) is 31.0. The van der Waals surface area contributed by atoms with Crippen LogP contribution in [0.25, 0.3) is 0 Å². The quantitative estimate of drug-likeness (QED) is 0.451. The predicted octanol–water partition coefficient (Wildman–Crippen LogP) is 3.03. The fourth-order valence-electron chi connectivity index (χ4n) is 4.63. The fraction of sp³-hybridized carbons (Fsp3) is 0.500. The summed E-state index contributed by atoms with van der Waals surface area (Å²) in [5.41, 5.74) is 1.41. The normalized spacial score (nSPS) is 21.8. The molecule has 3 rings (SSSR count). The average Bonchev–Trinajstić information content (AvgIpc) is 2.92. The van der Waals surface area contributed by atoms with E-state index in [0.29, 0.717) is 50.1 Å². The number of ether oxygens (including phenoxy) is 1. The first-order valence-corrected chi connectivity index (χ1v) is 14.0. The maximum atomic E-state index is 13.9. The molecule has 1 heterocycles. The zero-order valence-electron chi connectivity index (χ0n) is 23.4. The SMILES string of the molecule is CCC[C@@H]1NC(=O)[C@@H](C(C)C)NC(=O)[C@@H](Cc2ccc(F)c(F)c2)NCCOc2ccccc2CCCNC1=O. The summed E-state index contributed by atoms with van der Waals surface area (Å²) < 4.78 is 33.4. The Morgan fingerprint density at radius 2 is 1.70 bits per heavy atom. The summed E-state index contributed by atoms with van der Waals surface area (Å²) in [7, 11) is 0. The molecule has 1 aliphatic rings. The minimum atomic E-state index is -1.00. The van der Waals surface area contributed by atoms with Crippen molar-refractivity contribution >= 4 is 17.7 Å². The molecule has 2 aromatic carbocycles. The van der Waals surface area contributed by atoms with Gasteiger partial charge in [0.1, 0.15) is 24.4 Å². The Labute approximate surface area is 234 Å². The molecule has 0 fully saturated rings. The maximum absolute atomic E-state index is 13.9. The van der Waals surface area contributed by atoms with E-state index in [1.807, 2.05) is 31.2 Å². The van der Waals surface area contributed by atoms with E-state index >= 15 is 0 Å². The second-order valence-electron chi connectivity index (χ2n) is 10.4. The van der Waals surface area contributed by atoms with Gasteiger partial charge < -0.3 is 26.0 Å². The number of fused-ring (bicyclic) bond motifs is 1. The second kappa shape index (κ2) is 15.3. The monoisotopic (exact) mass is 558 g/mol. The molecular formula is C30H40F2N4O4. The molecule has 4 N–H and O–H groups in total. The summed E-state index contributed by atoms with van der Waals surface area (Å²) in [6.07, 6.45) is 2.58. The van der Waals surface area contributed by atoms with Crippen LogP contribution in [0.1, 0.15) is 51.2 Å². The number of amides is 3. The fourth-order valence-corrected chi connectivity index (χ4v) is 4.63. The molecule has 10 heteroatoms. The van der Waals surface area contributed by atoms with Crippen molar-refractivity contribution in [3.8, 4) is 5.75 Å². The van der Waals surface area contributed by atoms with Gasteiger partial charge in [-0.3, -0.25) is 14.4 Å². The zero-order chi connectivity index (χ0) is 29.1. The molecule has 8 nitrogen and oxygen atoms in total. The summed E-state index contributed by atoms with van der Waals surface area (Å²) in [6.45, 7) is 6.52. The van der Waals surface area contributed by atoms with Crippen LogP contribution in [-0.2, 0) is 27.2 Å². The molecule has 1 aliphatic heterocycles.